The van der Waals surface area contributed by atoms with Gasteiger partial charge in [0, 0.05) is 69.7 Å². The Morgan fingerprint density at radius 2 is 0.533 bits per heavy atom. The van der Waals surface area contributed by atoms with Crippen molar-refractivity contribution in [1.29, 1.82) is 0 Å². The van der Waals surface area contributed by atoms with E-state index in [9.17, 15) is 0 Å². The second-order valence-corrected chi connectivity index (χ2v) is 44.0. The van der Waals surface area contributed by atoms with Crippen molar-refractivity contribution in [3.63, 3.8) is 0 Å². The summed E-state index contributed by atoms with van der Waals surface area (Å²) >= 11 is 0. The van der Waals surface area contributed by atoms with Gasteiger partial charge >= 0.3 is 0 Å². The molecule has 0 bridgehead atoms. The van der Waals surface area contributed by atoms with E-state index >= 15 is 0 Å². The molecule has 0 radical (unpaired) electrons. The summed E-state index contributed by atoms with van der Waals surface area (Å²) in [4.78, 5) is 20.4. The zero-order valence-corrected chi connectivity index (χ0v) is 85.8. The zero-order chi connectivity index (χ0) is 96.8. The Balaban J connectivity index is 0.000000144. The molecule has 16 aromatic rings. The van der Waals surface area contributed by atoms with Gasteiger partial charge in [0.1, 0.15) is 68.9 Å². The van der Waals surface area contributed by atoms with Crippen LogP contribution in [0.15, 0.2) is 188 Å². The van der Waals surface area contributed by atoms with E-state index < -0.39 is 0 Å². The van der Waals surface area contributed by atoms with Gasteiger partial charge in [0.25, 0.3) is 0 Å². The van der Waals surface area contributed by atoms with Crippen LogP contribution in [0.5, 0.6) is 0 Å². The number of fused-ring (bicyclic) bond motifs is 4. The van der Waals surface area contributed by atoms with Crippen molar-refractivity contribution in [3.8, 4) is 44.5 Å². The first kappa shape index (κ1) is 98.7. The van der Waals surface area contributed by atoms with Crippen LogP contribution in [-0.4, -0.2) is 80.8 Å². The summed E-state index contributed by atoms with van der Waals surface area (Å²) in [5.74, 6) is 7.77. The molecule has 1 saturated carbocycles. The molecule has 135 heavy (non-hydrogen) atoms. The van der Waals surface area contributed by atoms with Gasteiger partial charge in [-0.2, -0.15) is 0 Å². The fourth-order valence-electron chi connectivity index (χ4n) is 20.6. The third-order valence-corrected chi connectivity index (χ3v) is 25.6. The average molecular weight is 1820 g/mol. The van der Waals surface area contributed by atoms with Gasteiger partial charge in [-0.05, 0) is 324 Å². The van der Waals surface area contributed by atoms with E-state index in [1.807, 2.05) is 55.4 Å². The third kappa shape index (κ3) is 25.5. The first-order valence-electron chi connectivity index (χ1n) is 48.9. The molecule has 12 heterocycles. The standard InChI is InChI=1S/3C29H38N4O.C28H34N4O/c3*1-19-9-11-22(12-10-19)13-14-24-27(31-29(7,8)18-28(4,5)6)33-16-15-23(17-25(33)30-24)26-20(2)32-34-21(26)3;1-19-12-14-22(15-13-19)8-7-11-25-28(29-24-9-5-4-6-10-24)32-17-16-23(18-26(32)30-25)27-20(2)31-33-21(27)3/h3*9-12,15-17,31H,13-14,18H2,1-8H3;12-18,24,29H,4-11H2,1-3H3. The molecule has 0 amide bonds. The van der Waals surface area contributed by atoms with E-state index in [1.54, 1.807) is 0 Å². The van der Waals surface area contributed by atoms with Crippen molar-refractivity contribution < 1.29 is 18.1 Å². The highest BCUT2D eigenvalue weighted by Crippen LogP contribution is 2.41. The monoisotopic (exact) mass is 1820 g/mol. The molecule has 17 rings (SSSR count). The predicted molar refractivity (Wildman–Crippen MR) is 555 cm³/mol. The second-order valence-electron chi connectivity index (χ2n) is 44.0. The van der Waals surface area contributed by atoms with Crippen LogP contribution in [0.2, 0.25) is 0 Å². The van der Waals surface area contributed by atoms with E-state index in [1.165, 1.54) is 88.1 Å². The third-order valence-electron chi connectivity index (χ3n) is 25.6. The lowest BCUT2D eigenvalue weighted by Gasteiger charge is -2.34. The molecule has 4 N–H and O–H groups in total. The van der Waals surface area contributed by atoms with Crippen LogP contribution >= 0.6 is 0 Å². The smallest absolute Gasteiger partial charge is 0.141 e. The molecule has 0 aliphatic heterocycles. The maximum Gasteiger partial charge on any atom is 0.141 e. The van der Waals surface area contributed by atoms with Crippen LogP contribution < -0.4 is 21.3 Å². The SMILES string of the molecule is Cc1ccc(CCCc2nc3cc(-c4c(C)noc4C)ccn3c2NC2CCCCC2)cc1.Cc1ccc(CCc2nc3cc(-c4c(C)noc4C)ccn3c2NC(C)(C)CC(C)(C)C)cc1.Cc1ccc(CCc2nc3cc(-c4c(C)noc4C)ccn3c2NC(C)(C)CC(C)(C)C)cc1.Cc1ccc(CCc2nc3cc(-c4c(C)noc4C)ccn3c2NC(C)(C)CC(C)(C)C)cc1. The summed E-state index contributed by atoms with van der Waals surface area (Å²) in [5, 5.41) is 32.0. The highest BCUT2D eigenvalue weighted by Gasteiger charge is 2.33. The van der Waals surface area contributed by atoms with Crippen LogP contribution in [0.25, 0.3) is 67.1 Å². The molecule has 1 aliphatic carbocycles. The van der Waals surface area contributed by atoms with Gasteiger partial charge < -0.3 is 39.4 Å². The van der Waals surface area contributed by atoms with Gasteiger partial charge in [-0.25, -0.2) is 19.9 Å². The summed E-state index contributed by atoms with van der Waals surface area (Å²) in [6, 6.07) is 53.0. The van der Waals surface area contributed by atoms with E-state index in [4.69, 9.17) is 38.0 Å². The van der Waals surface area contributed by atoms with E-state index in [2.05, 4.69) is 361 Å². The van der Waals surface area contributed by atoms with Crippen LogP contribution in [0, 0.1) is 99.3 Å². The molecule has 0 unspecified atom stereocenters. The molecule has 0 spiro atoms. The number of hydrogen-bond donors (Lipinski definition) is 4. The summed E-state index contributed by atoms with van der Waals surface area (Å²) in [7, 11) is 0. The van der Waals surface area contributed by atoms with E-state index in [0.717, 1.165) is 224 Å². The lowest BCUT2D eigenvalue weighted by atomic mass is 9.81. The van der Waals surface area contributed by atoms with Crippen molar-refractivity contribution in [2.24, 2.45) is 16.2 Å². The number of aromatic nitrogens is 12. The van der Waals surface area contributed by atoms with Crippen LogP contribution in [0.4, 0.5) is 23.3 Å². The average Bonchev–Trinajstić information content (AvgIpc) is 1.64. The number of hydrogen-bond acceptors (Lipinski definition) is 16. The number of anilines is 4. The second kappa shape index (κ2) is 41.1. The van der Waals surface area contributed by atoms with Crippen LogP contribution in [0.3, 0.4) is 0 Å². The maximum absolute atomic E-state index is 5.41. The fraction of sp³-hybridized carbons (Fsp3) is 0.443. The van der Waals surface area contributed by atoms with Gasteiger partial charge in [0.15, 0.2) is 0 Å². The number of pyridine rings is 4. The van der Waals surface area contributed by atoms with Gasteiger partial charge in [-0.15, -0.1) is 0 Å². The molecule has 0 saturated heterocycles. The zero-order valence-electron chi connectivity index (χ0n) is 85.8. The molecule has 1 aliphatic rings. The summed E-state index contributed by atoms with van der Waals surface area (Å²) in [5.41, 5.74) is 31.4. The fourth-order valence-corrected chi connectivity index (χ4v) is 20.6. The van der Waals surface area contributed by atoms with E-state index in [0.29, 0.717) is 6.04 Å². The molecule has 20 heteroatoms. The molecule has 4 aromatic carbocycles. The van der Waals surface area contributed by atoms with Gasteiger partial charge in [0.05, 0.1) is 45.6 Å². The summed E-state index contributed by atoms with van der Waals surface area (Å²) < 4.78 is 30.4. The van der Waals surface area contributed by atoms with Crippen molar-refractivity contribution in [1.82, 2.24) is 58.2 Å². The molecular weight excluding hydrogens is 1670 g/mol. The number of nitrogens with zero attached hydrogens (tertiary/aromatic N) is 12. The first-order chi connectivity index (χ1) is 63.8. The topological polar surface area (TPSA) is 221 Å². The van der Waals surface area contributed by atoms with Crippen molar-refractivity contribution in [2.75, 3.05) is 21.3 Å². The quantitative estimate of drug-likeness (QED) is 0.0358. The number of benzene rings is 4. The predicted octanol–water partition coefficient (Wildman–Crippen LogP) is 28.8. The minimum absolute atomic E-state index is 0.0762. The van der Waals surface area contributed by atoms with Gasteiger partial charge in [-0.1, -0.05) is 222 Å². The number of imidazole rings is 4. The minimum Gasteiger partial charge on any atom is -0.367 e. The lowest BCUT2D eigenvalue weighted by molar-refractivity contribution is 0.301. The summed E-state index contributed by atoms with van der Waals surface area (Å²) in [6.07, 6.45) is 26.7. The number of rotatable bonds is 28. The Kier molecular flexibility index (Phi) is 30.0. The van der Waals surface area contributed by atoms with Crippen molar-refractivity contribution >= 4 is 45.9 Å². The van der Waals surface area contributed by atoms with Gasteiger partial charge in [-0.3, -0.25) is 17.6 Å². The molecule has 20 nitrogen and oxygen atoms in total. The van der Waals surface area contributed by atoms with Crippen molar-refractivity contribution in [3.05, 3.63) is 283 Å². The molecule has 712 valence electrons. The lowest BCUT2D eigenvalue weighted by Crippen LogP contribution is -2.36. The number of nitrogens with one attached hydrogen (secondary N) is 4. The maximum atomic E-state index is 5.41. The largest absolute Gasteiger partial charge is 0.367 e. The van der Waals surface area contributed by atoms with Crippen LogP contribution in [-0.2, 0) is 51.4 Å². The minimum atomic E-state index is -0.0762. The molecule has 12 aromatic heterocycles. The Morgan fingerprint density at radius 1 is 0.289 bits per heavy atom. The Labute approximate surface area is 801 Å². The molecule has 0 atom stereocenters. The molecule has 1 fully saturated rings. The highest BCUT2D eigenvalue weighted by molar-refractivity contribution is 5.77. The Morgan fingerprint density at radius 3 is 0.778 bits per heavy atom. The normalized spacial score (nSPS) is 13.0. The van der Waals surface area contributed by atoms with Crippen LogP contribution in [0.1, 0.15) is 275 Å². The summed E-state index contributed by atoms with van der Waals surface area (Å²) in [6.45, 7) is 58.6. The van der Waals surface area contributed by atoms with Gasteiger partial charge in [0.2, 0.25) is 0 Å². The first-order valence-corrected chi connectivity index (χ1v) is 48.9. The Bertz CT molecular complexity index is 6140. The number of aryl methyl sites for hydroxylation is 20. The van der Waals surface area contributed by atoms with E-state index in [-0.39, 0.29) is 32.9 Å². The Hall–Kier alpha value is -12.3. The van der Waals surface area contributed by atoms with Crippen molar-refractivity contribution in [2.45, 2.75) is 319 Å². The highest BCUT2D eigenvalue weighted by atomic mass is 16.5. The molecular formula is C115H148N16O4.